The van der Waals surface area contributed by atoms with E-state index in [0.717, 1.165) is 22.3 Å². The van der Waals surface area contributed by atoms with Crippen LogP contribution in [0.1, 0.15) is 19.4 Å². The van der Waals surface area contributed by atoms with Crippen LogP contribution in [0.5, 0.6) is 0 Å². The first-order chi connectivity index (χ1) is 7.44. The highest BCUT2D eigenvalue weighted by atomic mass is 79.9. The molecule has 1 N–H and O–H groups in total. The zero-order valence-electron chi connectivity index (χ0n) is 9.77. The third-order valence-corrected chi connectivity index (χ3v) is 3.86. The van der Waals surface area contributed by atoms with Crippen LogP contribution in [0.4, 0.5) is 11.4 Å². The summed E-state index contributed by atoms with van der Waals surface area (Å²) in [6, 6.07) is 4.16. The fourth-order valence-corrected chi connectivity index (χ4v) is 3.24. The highest BCUT2D eigenvalue weighted by Gasteiger charge is 2.29. The Morgan fingerprint density at radius 1 is 1.50 bits per heavy atom. The van der Waals surface area contributed by atoms with E-state index in [-0.39, 0.29) is 5.54 Å². The summed E-state index contributed by atoms with van der Waals surface area (Å²) in [5.74, 6) is 0.524. The first-order valence-corrected chi connectivity index (χ1v) is 6.64. The summed E-state index contributed by atoms with van der Waals surface area (Å²) in [6.07, 6.45) is 0. The third kappa shape index (κ3) is 2.03. The number of alkyl halides is 1. The number of benzene rings is 1. The molecule has 4 heteroatoms. The Morgan fingerprint density at radius 3 is 2.81 bits per heavy atom. The predicted molar refractivity (Wildman–Crippen MR) is 74.7 cm³/mol. The fourth-order valence-electron chi connectivity index (χ4n) is 2.35. The third-order valence-electron chi connectivity index (χ3n) is 2.85. The summed E-state index contributed by atoms with van der Waals surface area (Å²) in [5.41, 5.74) is 3.63. The number of nitrogens with one attached hydrogen (secondary N) is 1. The number of likely N-dealkylation sites (N-methyl/N-ethyl adjacent to an activating group) is 1. The molecule has 1 aliphatic rings. The summed E-state index contributed by atoms with van der Waals surface area (Å²) in [7, 11) is 2.11. The zero-order chi connectivity index (χ0) is 11.9. The van der Waals surface area contributed by atoms with Gasteiger partial charge in [0.25, 0.3) is 0 Å². The monoisotopic (exact) mass is 302 g/mol. The van der Waals surface area contributed by atoms with Crippen LogP contribution in [0, 0.1) is 0 Å². The van der Waals surface area contributed by atoms with E-state index in [4.69, 9.17) is 11.6 Å². The minimum Gasteiger partial charge on any atom is -0.377 e. The van der Waals surface area contributed by atoms with Crippen molar-refractivity contribution in [2.24, 2.45) is 0 Å². The van der Waals surface area contributed by atoms with Gasteiger partial charge in [0, 0.05) is 29.2 Å². The summed E-state index contributed by atoms with van der Waals surface area (Å²) in [5, 5.41) is 3.55. The van der Waals surface area contributed by atoms with Crippen molar-refractivity contribution in [1.29, 1.82) is 0 Å². The van der Waals surface area contributed by atoms with Crippen LogP contribution >= 0.6 is 27.5 Å². The van der Waals surface area contributed by atoms with Crippen molar-refractivity contribution in [2.45, 2.75) is 25.3 Å². The van der Waals surface area contributed by atoms with Gasteiger partial charge >= 0.3 is 0 Å². The van der Waals surface area contributed by atoms with Gasteiger partial charge in [-0.2, -0.15) is 0 Å². The maximum absolute atomic E-state index is 6.02. The number of hydrogen-bond donors (Lipinski definition) is 1. The standard InChI is InChI=1S/C12H16BrClN2/c1-12(2)7-16(3)11-8(6-14)9(13)4-5-10(11)15-12/h4-5,15H,6-7H2,1-3H3. The molecule has 0 radical (unpaired) electrons. The van der Waals surface area contributed by atoms with Crippen LogP contribution in [0.25, 0.3) is 0 Å². The molecule has 2 nitrogen and oxygen atoms in total. The van der Waals surface area contributed by atoms with Gasteiger partial charge in [-0.1, -0.05) is 15.9 Å². The molecule has 0 saturated heterocycles. The van der Waals surface area contributed by atoms with Gasteiger partial charge in [-0.3, -0.25) is 0 Å². The average molecular weight is 304 g/mol. The van der Waals surface area contributed by atoms with Gasteiger partial charge in [0.2, 0.25) is 0 Å². The quantitative estimate of drug-likeness (QED) is 0.793. The van der Waals surface area contributed by atoms with E-state index >= 15 is 0 Å². The molecule has 0 unspecified atom stereocenters. The van der Waals surface area contributed by atoms with Crippen molar-refractivity contribution in [3.8, 4) is 0 Å². The topological polar surface area (TPSA) is 15.3 Å². The molecule has 16 heavy (non-hydrogen) atoms. The van der Waals surface area contributed by atoms with E-state index in [1.54, 1.807) is 0 Å². The van der Waals surface area contributed by atoms with E-state index in [1.807, 2.05) is 0 Å². The van der Waals surface area contributed by atoms with Crippen molar-refractivity contribution >= 4 is 38.9 Å². The molecule has 2 rings (SSSR count). The molecule has 0 bridgehead atoms. The van der Waals surface area contributed by atoms with Crippen molar-refractivity contribution in [1.82, 2.24) is 0 Å². The maximum Gasteiger partial charge on any atom is 0.0656 e. The minimum atomic E-state index is 0.0964. The van der Waals surface area contributed by atoms with Gasteiger partial charge in [0.15, 0.2) is 0 Å². The summed E-state index contributed by atoms with van der Waals surface area (Å²) >= 11 is 9.57. The molecule has 0 saturated carbocycles. The van der Waals surface area contributed by atoms with E-state index in [9.17, 15) is 0 Å². The Balaban J connectivity index is 2.56. The SMILES string of the molecule is CN1CC(C)(C)Nc2ccc(Br)c(CCl)c21. The van der Waals surface area contributed by atoms with Crippen LogP contribution < -0.4 is 10.2 Å². The fraction of sp³-hybridized carbons (Fsp3) is 0.500. The van der Waals surface area contributed by atoms with Crippen molar-refractivity contribution in [3.05, 3.63) is 22.2 Å². The largest absolute Gasteiger partial charge is 0.377 e. The molecule has 1 aliphatic heterocycles. The molecule has 0 fully saturated rings. The predicted octanol–water partition coefficient (Wildman–Crippen LogP) is 3.83. The zero-order valence-corrected chi connectivity index (χ0v) is 12.1. The maximum atomic E-state index is 6.02. The smallest absolute Gasteiger partial charge is 0.0656 e. The van der Waals surface area contributed by atoms with Crippen molar-refractivity contribution in [3.63, 3.8) is 0 Å². The lowest BCUT2D eigenvalue weighted by Crippen LogP contribution is -2.47. The highest BCUT2D eigenvalue weighted by Crippen LogP contribution is 2.40. The van der Waals surface area contributed by atoms with E-state index < -0.39 is 0 Å². The number of anilines is 2. The van der Waals surface area contributed by atoms with E-state index in [0.29, 0.717) is 5.88 Å². The first kappa shape index (κ1) is 12.1. The van der Waals surface area contributed by atoms with Crippen LogP contribution in [-0.4, -0.2) is 19.1 Å². The lowest BCUT2D eigenvalue weighted by molar-refractivity contribution is 0.549. The number of fused-ring (bicyclic) bond motifs is 1. The van der Waals surface area contributed by atoms with Gasteiger partial charge in [-0.25, -0.2) is 0 Å². The number of halogens is 2. The normalized spacial score (nSPS) is 17.9. The van der Waals surface area contributed by atoms with Crippen LogP contribution in [-0.2, 0) is 5.88 Å². The van der Waals surface area contributed by atoms with Crippen LogP contribution in [0.3, 0.4) is 0 Å². The van der Waals surface area contributed by atoms with Gasteiger partial charge < -0.3 is 10.2 Å². The number of nitrogens with zero attached hydrogens (tertiary/aromatic N) is 1. The van der Waals surface area contributed by atoms with E-state index in [1.165, 1.54) is 5.69 Å². The van der Waals surface area contributed by atoms with Gasteiger partial charge in [0.1, 0.15) is 0 Å². The van der Waals surface area contributed by atoms with Crippen molar-refractivity contribution in [2.75, 3.05) is 23.8 Å². The lowest BCUT2D eigenvalue weighted by Gasteiger charge is -2.41. The van der Waals surface area contributed by atoms with Gasteiger partial charge in [-0.15, -0.1) is 11.6 Å². The lowest BCUT2D eigenvalue weighted by atomic mass is 9.98. The molecule has 88 valence electrons. The highest BCUT2D eigenvalue weighted by molar-refractivity contribution is 9.10. The Bertz CT molecular complexity index is 418. The molecule has 1 aromatic rings. The molecular formula is C12H16BrClN2. The Labute approximate surface area is 110 Å². The second kappa shape index (κ2) is 4.11. The summed E-state index contributed by atoms with van der Waals surface area (Å²) in [6.45, 7) is 5.38. The molecule has 1 aromatic carbocycles. The molecule has 0 atom stereocenters. The Kier molecular flexibility index (Phi) is 3.10. The molecule has 0 aromatic heterocycles. The van der Waals surface area contributed by atoms with Crippen LogP contribution in [0.15, 0.2) is 16.6 Å². The molecule has 0 aliphatic carbocycles. The average Bonchev–Trinajstić information content (AvgIpc) is 2.17. The molecular weight excluding hydrogens is 288 g/mol. The number of hydrogen-bond acceptors (Lipinski definition) is 2. The van der Waals surface area contributed by atoms with Gasteiger partial charge in [0.05, 0.1) is 17.3 Å². The summed E-state index contributed by atoms with van der Waals surface area (Å²) < 4.78 is 1.08. The summed E-state index contributed by atoms with van der Waals surface area (Å²) in [4.78, 5) is 2.27. The molecule has 1 heterocycles. The Morgan fingerprint density at radius 2 is 2.19 bits per heavy atom. The van der Waals surface area contributed by atoms with E-state index in [2.05, 4.69) is 59.2 Å². The second-order valence-electron chi connectivity index (χ2n) is 4.92. The minimum absolute atomic E-state index is 0.0964. The number of rotatable bonds is 1. The molecule has 0 amide bonds. The van der Waals surface area contributed by atoms with Gasteiger partial charge in [-0.05, 0) is 26.0 Å². The molecule has 0 spiro atoms. The van der Waals surface area contributed by atoms with Crippen LogP contribution in [0.2, 0.25) is 0 Å². The van der Waals surface area contributed by atoms with Crippen molar-refractivity contribution < 1.29 is 0 Å². The first-order valence-electron chi connectivity index (χ1n) is 5.31. The second-order valence-corrected chi connectivity index (χ2v) is 6.04. The Hall–Kier alpha value is -0.410.